The smallest absolute Gasteiger partial charge is 0.119 e. The van der Waals surface area contributed by atoms with Crippen molar-refractivity contribution in [1.29, 1.82) is 0 Å². The van der Waals surface area contributed by atoms with Crippen molar-refractivity contribution >= 4 is 0 Å². The molecule has 1 aliphatic heterocycles. The zero-order valence-corrected chi connectivity index (χ0v) is 8.68. The Morgan fingerprint density at radius 2 is 2.17 bits per heavy atom. The van der Waals surface area contributed by atoms with Crippen molar-refractivity contribution in [3.05, 3.63) is 0 Å². The third-order valence-electron chi connectivity index (χ3n) is 2.97. The lowest BCUT2D eigenvalue weighted by Crippen LogP contribution is -2.47. The summed E-state index contributed by atoms with van der Waals surface area (Å²) in [4.78, 5) is 5.88. The molecular formula is C10H22NO+. The molecule has 2 unspecified atom stereocenters. The van der Waals surface area contributed by atoms with Crippen LogP contribution < -0.4 is 0 Å². The fourth-order valence-corrected chi connectivity index (χ4v) is 2.16. The molecule has 0 spiro atoms. The van der Waals surface area contributed by atoms with Crippen molar-refractivity contribution < 1.29 is 9.48 Å². The lowest BCUT2D eigenvalue weighted by atomic mass is 10.2. The van der Waals surface area contributed by atoms with Crippen molar-refractivity contribution in [2.75, 3.05) is 20.2 Å². The van der Waals surface area contributed by atoms with Gasteiger partial charge in [0.15, 0.2) is 0 Å². The number of likely N-dealkylation sites (tertiary alicyclic amines) is 1. The number of nitrogens with zero attached hydrogens (tertiary/aromatic N) is 1. The van der Waals surface area contributed by atoms with Crippen molar-refractivity contribution in [2.24, 2.45) is 0 Å². The van der Waals surface area contributed by atoms with Gasteiger partial charge in [-0.2, -0.15) is 4.65 Å². The summed E-state index contributed by atoms with van der Waals surface area (Å²) in [7, 11) is 2.23. The summed E-state index contributed by atoms with van der Waals surface area (Å²) in [5.74, 6) is 0. The quantitative estimate of drug-likeness (QED) is 0.591. The van der Waals surface area contributed by atoms with Gasteiger partial charge in [0.05, 0.1) is 7.05 Å². The van der Waals surface area contributed by atoms with E-state index in [0.29, 0.717) is 0 Å². The molecule has 0 amide bonds. The van der Waals surface area contributed by atoms with Crippen molar-refractivity contribution in [2.45, 2.75) is 45.6 Å². The molecule has 0 aromatic carbocycles. The number of hydrogen-bond donors (Lipinski definition) is 0. The highest BCUT2D eigenvalue weighted by Crippen LogP contribution is 2.27. The van der Waals surface area contributed by atoms with Gasteiger partial charge in [0.2, 0.25) is 0 Å². The summed E-state index contributed by atoms with van der Waals surface area (Å²) in [6, 6.07) is 0.747. The van der Waals surface area contributed by atoms with Crippen LogP contribution >= 0.6 is 0 Å². The molecular weight excluding hydrogens is 150 g/mol. The third-order valence-corrected chi connectivity index (χ3v) is 2.97. The zero-order chi connectivity index (χ0) is 9.03. The van der Waals surface area contributed by atoms with Crippen LogP contribution in [0.4, 0.5) is 0 Å². The predicted molar refractivity (Wildman–Crippen MR) is 50.6 cm³/mol. The van der Waals surface area contributed by atoms with Crippen LogP contribution in [-0.2, 0) is 4.84 Å². The first kappa shape index (κ1) is 10.0. The molecule has 2 heteroatoms. The molecule has 0 aromatic heterocycles. The number of hydrogen-bond acceptors (Lipinski definition) is 1. The highest BCUT2D eigenvalue weighted by Gasteiger charge is 2.38. The monoisotopic (exact) mass is 172 g/mol. The maximum Gasteiger partial charge on any atom is 0.119 e. The summed E-state index contributed by atoms with van der Waals surface area (Å²) in [5, 5.41) is 0. The van der Waals surface area contributed by atoms with Crippen LogP contribution in [-0.4, -0.2) is 30.9 Å². The second-order valence-corrected chi connectivity index (χ2v) is 3.94. The first-order chi connectivity index (χ1) is 5.73. The zero-order valence-electron chi connectivity index (χ0n) is 8.68. The third kappa shape index (κ3) is 1.99. The maximum atomic E-state index is 5.88. The van der Waals surface area contributed by atoms with Gasteiger partial charge in [0.1, 0.15) is 19.2 Å². The lowest BCUT2D eigenvalue weighted by molar-refractivity contribution is -1.10. The van der Waals surface area contributed by atoms with Crippen LogP contribution in [0.2, 0.25) is 0 Å². The van der Waals surface area contributed by atoms with Crippen LogP contribution in [0.15, 0.2) is 0 Å². The Morgan fingerprint density at radius 3 is 2.75 bits per heavy atom. The van der Waals surface area contributed by atoms with E-state index in [1.165, 1.54) is 25.8 Å². The van der Waals surface area contributed by atoms with Gasteiger partial charge in [-0.3, -0.25) is 0 Å². The lowest BCUT2D eigenvalue weighted by Gasteiger charge is -2.32. The van der Waals surface area contributed by atoms with Gasteiger partial charge in [0, 0.05) is 12.8 Å². The minimum atomic E-state index is 0.747. The van der Waals surface area contributed by atoms with Crippen LogP contribution in [0, 0.1) is 0 Å². The van der Waals surface area contributed by atoms with Crippen molar-refractivity contribution in [3.8, 4) is 0 Å². The Hall–Kier alpha value is -0.0800. The van der Waals surface area contributed by atoms with Gasteiger partial charge in [-0.15, -0.1) is 0 Å². The van der Waals surface area contributed by atoms with Gasteiger partial charge in [-0.1, -0.05) is 13.8 Å². The van der Waals surface area contributed by atoms with E-state index < -0.39 is 0 Å². The fraction of sp³-hybridized carbons (Fsp3) is 1.00. The highest BCUT2D eigenvalue weighted by molar-refractivity contribution is 4.61. The molecule has 72 valence electrons. The Balaban J connectivity index is 2.43. The van der Waals surface area contributed by atoms with E-state index in [9.17, 15) is 0 Å². The molecule has 2 atom stereocenters. The molecule has 1 fully saturated rings. The van der Waals surface area contributed by atoms with E-state index in [1.54, 1.807) is 0 Å². The summed E-state index contributed by atoms with van der Waals surface area (Å²) < 4.78 is 0.865. The Labute approximate surface area is 76.1 Å². The normalized spacial score (nSPS) is 35.8. The van der Waals surface area contributed by atoms with Gasteiger partial charge in [-0.05, 0) is 12.8 Å². The van der Waals surface area contributed by atoms with Crippen LogP contribution in [0.5, 0.6) is 0 Å². The second kappa shape index (κ2) is 4.24. The molecule has 0 aliphatic carbocycles. The Kier molecular flexibility index (Phi) is 3.53. The number of hydroxylamine groups is 3. The standard InChI is InChI=1S/C10H22NO/c1-4-9-12-11(3)8-6-7-10(11)5-2/h10H,4-9H2,1-3H3/q+1. The number of rotatable bonds is 4. The molecule has 0 aromatic rings. The van der Waals surface area contributed by atoms with E-state index in [-0.39, 0.29) is 0 Å². The average Bonchev–Trinajstić information content (AvgIpc) is 2.44. The predicted octanol–water partition coefficient (Wildman–Crippen LogP) is 2.35. The topological polar surface area (TPSA) is 9.23 Å². The molecule has 1 heterocycles. The van der Waals surface area contributed by atoms with E-state index in [4.69, 9.17) is 4.84 Å². The SMILES string of the molecule is CCCO[N+]1(C)CCCC1CC. The summed E-state index contributed by atoms with van der Waals surface area (Å²) in [6.07, 6.45) is 5.06. The maximum absolute atomic E-state index is 5.88. The van der Waals surface area contributed by atoms with Gasteiger partial charge >= 0.3 is 0 Å². The molecule has 1 rings (SSSR count). The van der Waals surface area contributed by atoms with E-state index >= 15 is 0 Å². The minimum Gasteiger partial charge on any atom is -0.203 e. The molecule has 12 heavy (non-hydrogen) atoms. The molecule has 0 radical (unpaired) electrons. The van der Waals surface area contributed by atoms with Gasteiger partial charge < -0.3 is 0 Å². The Morgan fingerprint density at radius 1 is 1.42 bits per heavy atom. The highest BCUT2D eigenvalue weighted by atomic mass is 16.7. The van der Waals surface area contributed by atoms with Gasteiger partial charge in [0.25, 0.3) is 0 Å². The average molecular weight is 172 g/mol. The van der Waals surface area contributed by atoms with E-state index in [1.807, 2.05) is 0 Å². The van der Waals surface area contributed by atoms with Gasteiger partial charge in [-0.25, -0.2) is 4.84 Å². The van der Waals surface area contributed by atoms with E-state index in [0.717, 1.165) is 23.7 Å². The summed E-state index contributed by atoms with van der Waals surface area (Å²) in [6.45, 7) is 6.55. The second-order valence-electron chi connectivity index (χ2n) is 3.94. The van der Waals surface area contributed by atoms with Crippen molar-refractivity contribution in [3.63, 3.8) is 0 Å². The fourth-order valence-electron chi connectivity index (χ4n) is 2.16. The molecule has 0 bridgehead atoms. The number of quaternary nitrogens is 1. The van der Waals surface area contributed by atoms with Crippen LogP contribution in [0.3, 0.4) is 0 Å². The van der Waals surface area contributed by atoms with Crippen LogP contribution in [0.1, 0.15) is 39.5 Å². The van der Waals surface area contributed by atoms with Crippen molar-refractivity contribution in [1.82, 2.24) is 0 Å². The first-order valence-corrected chi connectivity index (χ1v) is 5.22. The molecule has 0 N–H and O–H groups in total. The van der Waals surface area contributed by atoms with E-state index in [2.05, 4.69) is 20.9 Å². The molecule has 1 saturated heterocycles. The molecule has 0 saturated carbocycles. The molecule has 1 aliphatic rings. The van der Waals surface area contributed by atoms with Crippen LogP contribution in [0.25, 0.3) is 0 Å². The summed E-state index contributed by atoms with van der Waals surface area (Å²) >= 11 is 0. The minimum absolute atomic E-state index is 0.747. The summed E-state index contributed by atoms with van der Waals surface area (Å²) in [5.41, 5.74) is 0. The molecule has 2 nitrogen and oxygen atoms in total. The Bertz CT molecular complexity index is 138. The largest absolute Gasteiger partial charge is 0.203 e. The first-order valence-electron chi connectivity index (χ1n) is 5.22.